The van der Waals surface area contributed by atoms with Crippen LogP contribution in [0.2, 0.25) is 0 Å². The minimum atomic E-state index is -0.201. The Labute approximate surface area is 204 Å². The minimum Gasteiger partial charge on any atom is -0.493 e. The van der Waals surface area contributed by atoms with E-state index in [1.165, 1.54) is 25.1 Å². The molecule has 0 aliphatic heterocycles. The van der Waals surface area contributed by atoms with Crippen molar-refractivity contribution in [2.45, 2.75) is 46.2 Å². The van der Waals surface area contributed by atoms with Crippen LogP contribution in [0.4, 0.5) is 5.69 Å². The molecule has 1 aromatic heterocycles. The second-order valence-corrected chi connectivity index (χ2v) is 8.69. The van der Waals surface area contributed by atoms with Crippen LogP contribution in [0.3, 0.4) is 0 Å². The van der Waals surface area contributed by atoms with Gasteiger partial charge in [0.25, 0.3) is 5.56 Å². The first-order valence-corrected chi connectivity index (χ1v) is 11.6. The number of hydrogen-bond donors (Lipinski definition) is 2. The second-order valence-electron chi connectivity index (χ2n) is 8.69. The number of nitrogens with one attached hydrogen (secondary N) is 2. The van der Waals surface area contributed by atoms with Gasteiger partial charge in [0.05, 0.1) is 31.4 Å². The highest BCUT2D eigenvalue weighted by molar-refractivity contribution is 5.90. The number of nitrogens with zero attached hydrogens (tertiary/aromatic N) is 2. The number of benzene rings is 2. The van der Waals surface area contributed by atoms with Gasteiger partial charge in [-0.2, -0.15) is 0 Å². The van der Waals surface area contributed by atoms with E-state index < -0.39 is 0 Å². The summed E-state index contributed by atoms with van der Waals surface area (Å²) >= 11 is 0. The van der Waals surface area contributed by atoms with Gasteiger partial charge in [-0.3, -0.25) is 19.0 Å². The predicted molar refractivity (Wildman–Crippen MR) is 135 cm³/mol. The van der Waals surface area contributed by atoms with Crippen molar-refractivity contribution in [1.82, 2.24) is 14.9 Å². The van der Waals surface area contributed by atoms with E-state index >= 15 is 0 Å². The van der Waals surface area contributed by atoms with E-state index in [4.69, 9.17) is 9.47 Å². The molecule has 0 saturated carbocycles. The Bertz CT molecular complexity index is 1250. The number of carbonyl (C=O) groups is 2. The molecule has 0 unspecified atom stereocenters. The summed E-state index contributed by atoms with van der Waals surface area (Å²) in [5.74, 6) is 1.10. The maximum atomic E-state index is 12.8. The van der Waals surface area contributed by atoms with Crippen molar-refractivity contribution in [2.75, 3.05) is 19.5 Å². The lowest BCUT2D eigenvalue weighted by molar-refractivity contribution is -0.121. The lowest BCUT2D eigenvalue weighted by Crippen LogP contribution is -2.25. The maximum Gasteiger partial charge on any atom is 0.261 e. The van der Waals surface area contributed by atoms with Gasteiger partial charge in [-0.1, -0.05) is 26.0 Å². The third-order valence-corrected chi connectivity index (χ3v) is 5.43. The third kappa shape index (κ3) is 7.05. The molecule has 0 saturated heterocycles. The average Bonchev–Trinajstić information content (AvgIpc) is 2.83. The molecule has 2 amide bonds. The van der Waals surface area contributed by atoms with Gasteiger partial charge in [-0.25, -0.2) is 4.98 Å². The van der Waals surface area contributed by atoms with Crippen molar-refractivity contribution in [2.24, 2.45) is 5.92 Å². The van der Waals surface area contributed by atoms with Gasteiger partial charge in [-0.05, 0) is 36.1 Å². The Hall–Kier alpha value is -3.88. The average molecular weight is 481 g/mol. The number of carbonyl (C=O) groups excluding carboxylic acids is 2. The van der Waals surface area contributed by atoms with Crippen molar-refractivity contribution in [3.63, 3.8) is 0 Å². The molecule has 0 aliphatic carbocycles. The van der Waals surface area contributed by atoms with Crippen LogP contribution in [0.1, 0.15) is 38.7 Å². The molecule has 0 radical (unpaired) electrons. The normalized spacial score (nSPS) is 10.9. The van der Waals surface area contributed by atoms with Crippen LogP contribution in [0.15, 0.2) is 47.5 Å². The Morgan fingerprint density at radius 1 is 1.06 bits per heavy atom. The van der Waals surface area contributed by atoms with E-state index in [-0.39, 0.29) is 29.7 Å². The number of hydrogen-bond acceptors (Lipinski definition) is 6. The van der Waals surface area contributed by atoms with E-state index in [1.807, 2.05) is 38.1 Å². The standard InChI is InChI=1S/C26H32N4O5/c1-17(2)11-25(32)29-19-8-5-7-18(12-19)15-27-24(31)9-6-10-30-16-28-21-14-23(35-4)22(34-3)13-20(21)26(30)33/h5,7-8,12-14,16-17H,6,9-11,15H2,1-4H3,(H,27,31)(H,29,32). The molecule has 3 rings (SSSR count). The Morgan fingerprint density at radius 3 is 2.51 bits per heavy atom. The molecule has 9 heteroatoms. The fourth-order valence-electron chi connectivity index (χ4n) is 3.69. The summed E-state index contributed by atoms with van der Waals surface area (Å²) in [6.07, 6.45) is 2.69. The number of amides is 2. The monoisotopic (exact) mass is 480 g/mol. The summed E-state index contributed by atoms with van der Waals surface area (Å²) in [7, 11) is 3.04. The Kier molecular flexibility index (Phi) is 8.83. The first kappa shape index (κ1) is 25.7. The van der Waals surface area contributed by atoms with Crippen molar-refractivity contribution in [1.29, 1.82) is 0 Å². The van der Waals surface area contributed by atoms with Crippen LogP contribution in [0.25, 0.3) is 10.9 Å². The van der Waals surface area contributed by atoms with E-state index in [1.54, 1.807) is 12.1 Å². The highest BCUT2D eigenvalue weighted by Crippen LogP contribution is 2.29. The quantitative estimate of drug-likeness (QED) is 0.435. The molecule has 186 valence electrons. The Balaban J connectivity index is 1.53. The Morgan fingerprint density at radius 2 is 1.80 bits per heavy atom. The second kappa shape index (κ2) is 12.0. The molecule has 0 aliphatic rings. The maximum absolute atomic E-state index is 12.8. The van der Waals surface area contributed by atoms with Gasteiger partial charge < -0.3 is 20.1 Å². The van der Waals surface area contributed by atoms with Gasteiger partial charge in [0.15, 0.2) is 11.5 Å². The first-order chi connectivity index (χ1) is 16.8. The topological polar surface area (TPSA) is 112 Å². The molecule has 0 bridgehead atoms. The summed E-state index contributed by atoms with van der Waals surface area (Å²) < 4.78 is 12.0. The largest absolute Gasteiger partial charge is 0.493 e. The molecule has 0 fully saturated rings. The predicted octanol–water partition coefficient (Wildman–Crippen LogP) is 3.49. The third-order valence-electron chi connectivity index (χ3n) is 5.43. The van der Waals surface area contributed by atoms with Crippen LogP contribution >= 0.6 is 0 Å². The van der Waals surface area contributed by atoms with Crippen molar-refractivity contribution in [3.05, 3.63) is 58.6 Å². The van der Waals surface area contributed by atoms with Gasteiger partial charge in [0, 0.05) is 37.7 Å². The smallest absolute Gasteiger partial charge is 0.261 e. The molecule has 0 atom stereocenters. The highest BCUT2D eigenvalue weighted by atomic mass is 16.5. The molecule has 3 aromatic rings. The fraction of sp³-hybridized carbons (Fsp3) is 0.385. The summed E-state index contributed by atoms with van der Waals surface area (Å²) in [5.41, 5.74) is 1.91. The molecule has 35 heavy (non-hydrogen) atoms. The first-order valence-electron chi connectivity index (χ1n) is 11.6. The lowest BCUT2D eigenvalue weighted by Gasteiger charge is -2.11. The summed E-state index contributed by atoms with van der Waals surface area (Å²) in [6.45, 7) is 4.70. The number of rotatable bonds is 11. The van der Waals surface area contributed by atoms with Crippen molar-refractivity contribution < 1.29 is 19.1 Å². The summed E-state index contributed by atoms with van der Waals surface area (Å²) in [4.78, 5) is 41.5. The zero-order valence-corrected chi connectivity index (χ0v) is 20.6. The number of aryl methyl sites for hydroxylation is 1. The SMILES string of the molecule is COc1cc2ncn(CCCC(=O)NCc3cccc(NC(=O)CC(C)C)c3)c(=O)c2cc1OC. The number of anilines is 1. The number of aromatic nitrogens is 2. The molecular formula is C26H32N4O5. The van der Waals surface area contributed by atoms with Crippen molar-refractivity contribution in [3.8, 4) is 11.5 Å². The molecular weight excluding hydrogens is 448 g/mol. The molecule has 2 aromatic carbocycles. The van der Waals surface area contributed by atoms with Crippen LogP contribution < -0.4 is 25.7 Å². The lowest BCUT2D eigenvalue weighted by atomic mass is 10.1. The van der Waals surface area contributed by atoms with E-state index in [2.05, 4.69) is 15.6 Å². The van der Waals surface area contributed by atoms with E-state index in [0.717, 1.165) is 5.56 Å². The van der Waals surface area contributed by atoms with E-state index in [0.29, 0.717) is 54.0 Å². The number of methoxy groups -OCH3 is 2. The van der Waals surface area contributed by atoms with Gasteiger partial charge in [-0.15, -0.1) is 0 Å². The molecule has 9 nitrogen and oxygen atoms in total. The van der Waals surface area contributed by atoms with Gasteiger partial charge in [0.1, 0.15) is 0 Å². The van der Waals surface area contributed by atoms with Gasteiger partial charge >= 0.3 is 0 Å². The zero-order valence-electron chi connectivity index (χ0n) is 20.6. The van der Waals surface area contributed by atoms with Crippen LogP contribution in [-0.4, -0.2) is 35.6 Å². The minimum absolute atomic E-state index is 0.0304. The summed E-state index contributed by atoms with van der Waals surface area (Å²) in [5, 5.41) is 6.19. The number of fused-ring (bicyclic) bond motifs is 1. The molecule has 2 N–H and O–H groups in total. The fourth-order valence-corrected chi connectivity index (χ4v) is 3.69. The van der Waals surface area contributed by atoms with Crippen LogP contribution in [-0.2, 0) is 22.7 Å². The highest BCUT2D eigenvalue weighted by Gasteiger charge is 2.12. The molecule has 0 spiro atoms. The van der Waals surface area contributed by atoms with Crippen molar-refractivity contribution >= 4 is 28.4 Å². The summed E-state index contributed by atoms with van der Waals surface area (Å²) in [6, 6.07) is 10.7. The molecule has 1 heterocycles. The van der Waals surface area contributed by atoms with Crippen LogP contribution in [0, 0.1) is 5.92 Å². The number of ether oxygens (including phenoxy) is 2. The van der Waals surface area contributed by atoms with Gasteiger partial charge in [0.2, 0.25) is 11.8 Å². The van der Waals surface area contributed by atoms with E-state index in [9.17, 15) is 14.4 Å². The zero-order chi connectivity index (χ0) is 25.4. The van der Waals surface area contributed by atoms with Crippen LogP contribution in [0.5, 0.6) is 11.5 Å².